The van der Waals surface area contributed by atoms with E-state index in [4.69, 9.17) is 5.73 Å². The van der Waals surface area contributed by atoms with E-state index in [1.165, 1.54) is 19.1 Å². The Morgan fingerprint density at radius 3 is 1.32 bits per heavy atom. The number of nitrogens with two attached hydrogens (primary N) is 1. The third-order valence-electron chi connectivity index (χ3n) is 10.9. The molecule has 22 heteroatoms. The second-order valence-electron chi connectivity index (χ2n) is 16.5. The van der Waals surface area contributed by atoms with Gasteiger partial charge in [0.05, 0.1) is 18.6 Å². The number of unbranched alkanes of at least 4 members (excludes halogenated alkanes) is 1. The van der Waals surface area contributed by atoms with Crippen LogP contribution in [0.4, 0.5) is 0 Å². The van der Waals surface area contributed by atoms with E-state index in [1.807, 2.05) is 0 Å². The number of rotatable bonds is 30. The number of phenols is 1. The molecule has 0 heterocycles. The van der Waals surface area contributed by atoms with Crippen molar-refractivity contribution in [3.8, 4) is 5.75 Å². The molecule has 0 saturated heterocycles. The summed E-state index contributed by atoms with van der Waals surface area (Å²) in [6, 6.07) is 12.6. The van der Waals surface area contributed by atoms with Crippen molar-refractivity contribution in [2.75, 3.05) is 6.54 Å². The zero-order valence-corrected chi connectivity index (χ0v) is 38.4. The first-order chi connectivity index (χ1) is 32.8. The fourth-order valence-electron chi connectivity index (χ4n) is 6.92. The van der Waals surface area contributed by atoms with E-state index in [9.17, 15) is 63.6 Å². The summed E-state index contributed by atoms with van der Waals surface area (Å²) in [5, 5.41) is 58.3. The molecule has 0 aliphatic carbocycles. The van der Waals surface area contributed by atoms with Crippen LogP contribution in [0.5, 0.6) is 5.75 Å². The largest absolute Gasteiger partial charge is 0.550 e. The Kier molecular flexibility index (Phi) is 23.2. The average molecular weight is 962 g/mol. The maximum absolute atomic E-state index is 14.5. The van der Waals surface area contributed by atoms with Gasteiger partial charge in [-0.3, -0.25) is 33.6 Å². The summed E-state index contributed by atoms with van der Waals surface area (Å²) in [5.41, 5.74) is 14.3. The van der Waals surface area contributed by atoms with Crippen LogP contribution in [0, 0.1) is 0 Å². The number of amides is 7. The van der Waals surface area contributed by atoms with E-state index in [1.54, 1.807) is 72.8 Å². The van der Waals surface area contributed by atoms with Crippen molar-refractivity contribution in [2.24, 2.45) is 5.73 Å². The first kappa shape index (κ1) is 55.9. The number of aromatic hydroxyl groups is 1. The molecule has 3 aromatic rings. The number of quaternary nitrogens is 2. The molecule has 0 radical (unpaired) electrons. The molecule has 0 aliphatic rings. The summed E-state index contributed by atoms with van der Waals surface area (Å²) in [7, 11) is 0. The topological polar surface area (TPSA) is 394 Å². The van der Waals surface area contributed by atoms with Gasteiger partial charge in [0.2, 0.25) is 35.4 Å². The Morgan fingerprint density at radius 1 is 0.536 bits per heavy atom. The number of carboxylic acid groups (broad SMARTS) is 2. The summed E-state index contributed by atoms with van der Waals surface area (Å²) in [4.78, 5) is 118. The predicted octanol–water partition coefficient (Wildman–Crippen LogP) is -5.72. The number of hydrogen-bond acceptors (Lipinski definition) is 13. The Hall–Kier alpha value is -7.43. The highest BCUT2D eigenvalue weighted by Crippen LogP contribution is 2.14. The second kappa shape index (κ2) is 28.7. The normalized spacial score (nSPS) is 14.4. The lowest BCUT2D eigenvalue weighted by Crippen LogP contribution is -2.73. The number of nitrogens with one attached hydrogen (secondary N) is 6. The van der Waals surface area contributed by atoms with Crippen molar-refractivity contribution in [1.82, 2.24) is 31.9 Å². The molecular weight excluding hydrogens is 899 g/mol. The maximum atomic E-state index is 14.5. The van der Waals surface area contributed by atoms with E-state index in [0.29, 0.717) is 36.1 Å². The fraction of sp³-hybridized carbons (Fsp3) is 0.426. The molecule has 8 atom stereocenters. The summed E-state index contributed by atoms with van der Waals surface area (Å²) in [6.07, 6.45) is -2.83. The number of carbonyl (C=O) groups excluding carboxylic acids is 9. The zero-order chi connectivity index (χ0) is 51.0. The highest BCUT2D eigenvalue weighted by Gasteiger charge is 2.34. The van der Waals surface area contributed by atoms with Gasteiger partial charge < -0.3 is 79.1 Å². The van der Waals surface area contributed by atoms with Crippen molar-refractivity contribution < 1.29 is 75.0 Å². The van der Waals surface area contributed by atoms with Gasteiger partial charge in [0.15, 0.2) is 6.04 Å². The average Bonchev–Trinajstić information content (AvgIpc) is 3.31. The Labute approximate surface area is 398 Å². The molecule has 374 valence electrons. The van der Waals surface area contributed by atoms with E-state index in [2.05, 4.69) is 43.4 Å². The SMILES string of the molecule is C[C@@H](O)[C@H]([NH3+])C(=O)N[C@@H](Cc1ccc(O)cc1)C(=O)N[C@@H](CCCC[NH3+])C(=O)N[C@@H](Cc1ccccc1)C(=O)N[C@@H](Cc1ccccc1)C(=O)N[C@@H](CCC(=O)[O-])C(=O)N[C@@H](CCC(N)=O)C(=O)[O-]. The number of carboxylic acids is 2. The van der Waals surface area contributed by atoms with Crippen molar-refractivity contribution in [2.45, 2.75) is 120 Å². The minimum absolute atomic E-state index is 0.0390. The van der Waals surface area contributed by atoms with Gasteiger partial charge in [-0.2, -0.15) is 0 Å². The Morgan fingerprint density at radius 2 is 0.913 bits per heavy atom. The smallest absolute Gasteiger partial charge is 0.281 e. The van der Waals surface area contributed by atoms with Crippen molar-refractivity contribution in [3.63, 3.8) is 0 Å². The molecule has 69 heavy (non-hydrogen) atoms. The van der Waals surface area contributed by atoms with E-state index in [-0.39, 0.29) is 31.4 Å². The standard InChI is InChI=1S/C47H63N9O13/c1-27(57)40(50)46(67)56-37(26-30-15-17-31(58)18-16-30)44(65)51-32(14-8-9-23-48)41(62)54-36(25-29-12-6-3-7-13-29)45(66)55-35(24-28-10-4-2-5-11-28)43(64)52-33(20-22-39(60)61)42(63)53-34(47(68)69)19-21-38(49)59/h2-7,10-13,15-18,27,32-37,40,57-58H,8-9,14,19-26,48,50H2,1H3,(H2,49,59)(H,51,65)(H,52,64)(H,53,63)(H,54,62)(H,55,66)(H,56,67)(H,60,61)(H,68,69)/t27-,32+,33+,34+,35+,36+,37+,40+/m1/s1. The number of carbonyl (C=O) groups is 9. The van der Waals surface area contributed by atoms with Crippen LogP contribution in [0.15, 0.2) is 84.9 Å². The van der Waals surface area contributed by atoms with Crippen LogP contribution in [-0.2, 0) is 62.4 Å². The van der Waals surface area contributed by atoms with Crippen molar-refractivity contribution in [3.05, 3.63) is 102 Å². The van der Waals surface area contributed by atoms with E-state index < -0.39 is 127 Å². The molecule has 3 aromatic carbocycles. The van der Waals surface area contributed by atoms with Gasteiger partial charge in [-0.05, 0) is 74.3 Å². The predicted molar refractivity (Wildman–Crippen MR) is 241 cm³/mol. The van der Waals surface area contributed by atoms with Crippen LogP contribution >= 0.6 is 0 Å². The molecule has 0 saturated carbocycles. The lowest BCUT2D eigenvalue weighted by molar-refractivity contribution is -0.419. The number of primary amides is 1. The lowest BCUT2D eigenvalue weighted by Gasteiger charge is -2.28. The molecular formula is C47H63N9O13. The molecule has 16 N–H and O–H groups in total. The number of aliphatic hydroxyl groups is 1. The molecule has 3 rings (SSSR count). The maximum Gasteiger partial charge on any atom is 0.281 e. The first-order valence-electron chi connectivity index (χ1n) is 22.4. The summed E-state index contributed by atoms with van der Waals surface area (Å²) in [6.45, 7) is 1.86. The summed E-state index contributed by atoms with van der Waals surface area (Å²) >= 11 is 0. The first-order valence-corrected chi connectivity index (χ1v) is 22.4. The molecule has 22 nitrogen and oxygen atoms in total. The lowest BCUT2D eigenvalue weighted by atomic mass is 10.0. The molecule has 0 aromatic heterocycles. The van der Waals surface area contributed by atoms with Crippen molar-refractivity contribution >= 4 is 53.3 Å². The van der Waals surface area contributed by atoms with Gasteiger partial charge in [0.25, 0.3) is 5.91 Å². The minimum Gasteiger partial charge on any atom is -0.550 e. The van der Waals surface area contributed by atoms with Gasteiger partial charge >= 0.3 is 0 Å². The molecule has 0 aliphatic heterocycles. The monoisotopic (exact) mass is 961 g/mol. The van der Waals surface area contributed by atoms with Gasteiger partial charge in [0.1, 0.15) is 42.1 Å². The van der Waals surface area contributed by atoms with Crippen LogP contribution < -0.4 is 59.3 Å². The Balaban J connectivity index is 1.99. The third-order valence-corrected chi connectivity index (χ3v) is 10.9. The number of benzene rings is 3. The molecule has 7 amide bonds. The highest BCUT2D eigenvalue weighted by atomic mass is 16.4. The van der Waals surface area contributed by atoms with Crippen LogP contribution in [0.25, 0.3) is 0 Å². The van der Waals surface area contributed by atoms with Gasteiger partial charge in [0, 0.05) is 31.7 Å². The van der Waals surface area contributed by atoms with Crippen molar-refractivity contribution in [1.29, 1.82) is 0 Å². The van der Waals surface area contributed by atoms with Crippen LogP contribution in [0.1, 0.15) is 68.6 Å². The minimum atomic E-state index is -1.78. The van der Waals surface area contributed by atoms with Gasteiger partial charge in [-0.1, -0.05) is 72.8 Å². The van der Waals surface area contributed by atoms with Crippen LogP contribution in [0.3, 0.4) is 0 Å². The number of aliphatic carboxylic acids is 2. The number of hydrogen-bond donors (Lipinski definition) is 11. The van der Waals surface area contributed by atoms with Gasteiger partial charge in [-0.15, -0.1) is 0 Å². The van der Waals surface area contributed by atoms with E-state index >= 15 is 0 Å². The molecule has 0 spiro atoms. The molecule has 0 unspecified atom stereocenters. The number of aliphatic hydroxyl groups excluding tert-OH is 1. The number of phenolic OH excluding ortho intramolecular Hbond substituents is 1. The Bertz CT molecular complexity index is 2200. The zero-order valence-electron chi connectivity index (χ0n) is 38.4. The fourth-order valence-corrected chi connectivity index (χ4v) is 6.92. The molecule has 0 bridgehead atoms. The quantitative estimate of drug-likeness (QED) is 0.0278. The third kappa shape index (κ3) is 20.1. The van der Waals surface area contributed by atoms with Crippen LogP contribution in [-0.4, -0.2) is 118 Å². The summed E-state index contributed by atoms with van der Waals surface area (Å²) < 4.78 is 0. The molecule has 0 fully saturated rings. The second-order valence-corrected chi connectivity index (χ2v) is 16.5. The highest BCUT2D eigenvalue weighted by molar-refractivity contribution is 5.97. The summed E-state index contributed by atoms with van der Waals surface area (Å²) in [5.74, 6) is -9.66. The van der Waals surface area contributed by atoms with Gasteiger partial charge in [-0.25, -0.2) is 0 Å². The van der Waals surface area contributed by atoms with Crippen LogP contribution in [0.2, 0.25) is 0 Å². The van der Waals surface area contributed by atoms with E-state index in [0.717, 1.165) is 0 Å².